The molecule has 16 heavy (non-hydrogen) atoms. The van der Waals surface area contributed by atoms with Crippen LogP contribution in [-0.4, -0.2) is 20.2 Å². The molecule has 4 heteroatoms. The zero-order valence-electron chi connectivity index (χ0n) is 9.96. The van der Waals surface area contributed by atoms with E-state index in [9.17, 15) is 0 Å². The van der Waals surface area contributed by atoms with Gasteiger partial charge in [-0.3, -0.25) is 0 Å². The summed E-state index contributed by atoms with van der Waals surface area (Å²) in [5.41, 5.74) is 9.59. The van der Waals surface area contributed by atoms with Gasteiger partial charge in [0.05, 0.1) is 12.6 Å². The van der Waals surface area contributed by atoms with Crippen LogP contribution in [0.4, 0.5) is 0 Å². The Morgan fingerprint density at radius 3 is 2.06 bits per heavy atom. The van der Waals surface area contributed by atoms with Crippen LogP contribution in [0.25, 0.3) is 0 Å². The molecule has 0 bridgehead atoms. The standard InChI is InChI=1S/C12H18N2O.ClH/c1-8-4-10(12(13)6-14-7-12)5-9(2)11(8)15-3;/h4-5,14H,6-7,13H2,1-3H3;1H. The molecule has 1 aromatic rings. The van der Waals surface area contributed by atoms with Gasteiger partial charge in [-0.2, -0.15) is 0 Å². The Balaban J connectivity index is 0.00000128. The van der Waals surface area contributed by atoms with Gasteiger partial charge in [0.25, 0.3) is 0 Å². The Hall–Kier alpha value is -0.770. The predicted molar refractivity (Wildman–Crippen MR) is 68.5 cm³/mol. The van der Waals surface area contributed by atoms with Crippen LogP contribution in [0.1, 0.15) is 16.7 Å². The van der Waals surface area contributed by atoms with Crippen molar-refractivity contribution < 1.29 is 4.74 Å². The van der Waals surface area contributed by atoms with Crippen molar-refractivity contribution in [2.45, 2.75) is 19.4 Å². The number of benzene rings is 1. The van der Waals surface area contributed by atoms with Crippen LogP contribution in [0.2, 0.25) is 0 Å². The summed E-state index contributed by atoms with van der Waals surface area (Å²) in [6, 6.07) is 4.26. The van der Waals surface area contributed by atoms with E-state index in [0.717, 1.165) is 30.0 Å². The van der Waals surface area contributed by atoms with E-state index in [-0.39, 0.29) is 17.9 Å². The highest BCUT2D eigenvalue weighted by atomic mass is 35.5. The molecule has 1 aliphatic rings. The van der Waals surface area contributed by atoms with Crippen molar-refractivity contribution >= 4 is 12.4 Å². The van der Waals surface area contributed by atoms with Crippen LogP contribution in [0.5, 0.6) is 5.75 Å². The number of aryl methyl sites for hydroxylation is 2. The summed E-state index contributed by atoms with van der Waals surface area (Å²) in [5.74, 6) is 0.967. The Labute approximate surface area is 103 Å². The first-order chi connectivity index (χ1) is 7.07. The number of ether oxygens (including phenoxy) is 1. The summed E-state index contributed by atoms with van der Waals surface area (Å²) in [4.78, 5) is 0. The fourth-order valence-corrected chi connectivity index (χ4v) is 2.16. The highest BCUT2D eigenvalue weighted by molar-refractivity contribution is 5.85. The molecule has 90 valence electrons. The topological polar surface area (TPSA) is 47.3 Å². The second-order valence-corrected chi connectivity index (χ2v) is 4.40. The van der Waals surface area contributed by atoms with Gasteiger partial charge < -0.3 is 15.8 Å². The molecule has 1 fully saturated rings. The van der Waals surface area contributed by atoms with Crippen molar-refractivity contribution in [3.05, 3.63) is 28.8 Å². The largest absolute Gasteiger partial charge is 0.496 e. The van der Waals surface area contributed by atoms with Crippen molar-refractivity contribution in [2.24, 2.45) is 5.73 Å². The molecular weight excluding hydrogens is 224 g/mol. The van der Waals surface area contributed by atoms with E-state index < -0.39 is 0 Å². The van der Waals surface area contributed by atoms with E-state index in [1.807, 2.05) is 0 Å². The third-order valence-electron chi connectivity index (χ3n) is 3.12. The average molecular weight is 243 g/mol. The first-order valence-corrected chi connectivity index (χ1v) is 5.22. The lowest BCUT2D eigenvalue weighted by molar-refractivity contribution is 0.286. The van der Waals surface area contributed by atoms with Gasteiger partial charge in [-0.25, -0.2) is 0 Å². The fourth-order valence-electron chi connectivity index (χ4n) is 2.16. The summed E-state index contributed by atoms with van der Waals surface area (Å²) in [5, 5.41) is 3.21. The smallest absolute Gasteiger partial charge is 0.124 e. The van der Waals surface area contributed by atoms with Gasteiger partial charge in [0, 0.05) is 13.1 Å². The van der Waals surface area contributed by atoms with Crippen LogP contribution in [0, 0.1) is 13.8 Å². The molecule has 1 aromatic carbocycles. The Morgan fingerprint density at radius 2 is 1.75 bits per heavy atom. The molecule has 0 unspecified atom stereocenters. The van der Waals surface area contributed by atoms with Crippen LogP contribution in [-0.2, 0) is 5.54 Å². The molecule has 1 aliphatic heterocycles. The monoisotopic (exact) mass is 242 g/mol. The second kappa shape index (κ2) is 4.62. The molecule has 1 saturated heterocycles. The summed E-state index contributed by atoms with van der Waals surface area (Å²) < 4.78 is 5.34. The molecule has 0 amide bonds. The van der Waals surface area contributed by atoms with Gasteiger partial charge in [0.15, 0.2) is 0 Å². The summed E-state index contributed by atoms with van der Waals surface area (Å²) in [7, 11) is 1.71. The van der Waals surface area contributed by atoms with E-state index in [0.29, 0.717) is 0 Å². The molecule has 0 aliphatic carbocycles. The van der Waals surface area contributed by atoms with Gasteiger partial charge in [0.2, 0.25) is 0 Å². The number of hydrogen-bond donors (Lipinski definition) is 2. The van der Waals surface area contributed by atoms with Gasteiger partial charge >= 0.3 is 0 Å². The first-order valence-electron chi connectivity index (χ1n) is 5.22. The Kier molecular flexibility index (Phi) is 3.84. The minimum atomic E-state index is -0.179. The molecule has 0 saturated carbocycles. The number of nitrogens with one attached hydrogen (secondary N) is 1. The maximum absolute atomic E-state index is 6.25. The van der Waals surface area contributed by atoms with Crippen LogP contribution in [0.15, 0.2) is 12.1 Å². The van der Waals surface area contributed by atoms with E-state index >= 15 is 0 Å². The van der Waals surface area contributed by atoms with Crippen molar-refractivity contribution in [1.82, 2.24) is 5.32 Å². The first kappa shape index (κ1) is 13.3. The predicted octanol–water partition coefficient (Wildman–Crippen LogP) is 1.49. The Morgan fingerprint density at radius 1 is 1.25 bits per heavy atom. The Bertz CT molecular complexity index is 366. The normalized spacial score (nSPS) is 17.2. The minimum absolute atomic E-state index is 0. The van der Waals surface area contributed by atoms with Gasteiger partial charge in [-0.05, 0) is 30.5 Å². The fraction of sp³-hybridized carbons (Fsp3) is 0.500. The number of rotatable bonds is 2. The zero-order chi connectivity index (χ0) is 11.1. The maximum Gasteiger partial charge on any atom is 0.124 e. The summed E-state index contributed by atoms with van der Waals surface area (Å²) in [6.45, 7) is 5.84. The van der Waals surface area contributed by atoms with Gasteiger partial charge in [-0.15, -0.1) is 12.4 Å². The number of methoxy groups -OCH3 is 1. The lowest BCUT2D eigenvalue weighted by atomic mass is 9.83. The van der Waals surface area contributed by atoms with E-state index in [1.165, 1.54) is 5.56 Å². The van der Waals surface area contributed by atoms with E-state index in [4.69, 9.17) is 10.5 Å². The highest BCUT2D eigenvalue weighted by Gasteiger charge is 2.34. The maximum atomic E-state index is 6.25. The second-order valence-electron chi connectivity index (χ2n) is 4.40. The molecule has 0 spiro atoms. The van der Waals surface area contributed by atoms with Crippen LogP contribution < -0.4 is 15.8 Å². The molecule has 1 heterocycles. The van der Waals surface area contributed by atoms with Crippen molar-refractivity contribution in [3.8, 4) is 5.75 Å². The number of nitrogens with two attached hydrogens (primary N) is 1. The van der Waals surface area contributed by atoms with E-state index in [2.05, 4.69) is 31.3 Å². The molecule has 0 aromatic heterocycles. The molecule has 3 N–H and O–H groups in total. The molecule has 0 radical (unpaired) electrons. The third kappa shape index (κ3) is 2.03. The van der Waals surface area contributed by atoms with Crippen LogP contribution in [0.3, 0.4) is 0 Å². The zero-order valence-corrected chi connectivity index (χ0v) is 10.8. The quantitative estimate of drug-likeness (QED) is 0.826. The van der Waals surface area contributed by atoms with Gasteiger partial charge in [-0.1, -0.05) is 12.1 Å². The molecule has 3 nitrogen and oxygen atoms in total. The number of halogens is 1. The molecule has 2 rings (SSSR count). The SMILES string of the molecule is COc1c(C)cc(C2(N)CNC2)cc1C.Cl. The van der Waals surface area contributed by atoms with Crippen LogP contribution >= 0.6 is 12.4 Å². The van der Waals surface area contributed by atoms with Crippen molar-refractivity contribution in [3.63, 3.8) is 0 Å². The van der Waals surface area contributed by atoms with Gasteiger partial charge in [0.1, 0.15) is 5.75 Å². The lowest BCUT2D eigenvalue weighted by Crippen LogP contribution is -2.62. The summed E-state index contributed by atoms with van der Waals surface area (Å²) >= 11 is 0. The molecular formula is C12H19ClN2O. The van der Waals surface area contributed by atoms with Crippen molar-refractivity contribution in [1.29, 1.82) is 0 Å². The number of hydrogen-bond acceptors (Lipinski definition) is 3. The average Bonchev–Trinajstić information content (AvgIpc) is 2.13. The third-order valence-corrected chi connectivity index (χ3v) is 3.12. The highest BCUT2D eigenvalue weighted by Crippen LogP contribution is 2.30. The minimum Gasteiger partial charge on any atom is -0.496 e. The van der Waals surface area contributed by atoms with E-state index in [1.54, 1.807) is 7.11 Å². The molecule has 0 atom stereocenters. The summed E-state index contributed by atoms with van der Waals surface area (Å²) in [6.07, 6.45) is 0. The lowest BCUT2D eigenvalue weighted by Gasteiger charge is -2.40. The van der Waals surface area contributed by atoms with Crippen molar-refractivity contribution in [2.75, 3.05) is 20.2 Å².